The van der Waals surface area contributed by atoms with E-state index in [1.165, 1.54) is 37.4 Å². The van der Waals surface area contributed by atoms with Gasteiger partial charge >= 0.3 is 5.97 Å². The Balaban J connectivity index is 1.88. The summed E-state index contributed by atoms with van der Waals surface area (Å²) >= 11 is 0. The number of allylic oxidation sites excluding steroid dienone is 4. The van der Waals surface area contributed by atoms with Crippen molar-refractivity contribution in [2.75, 3.05) is 37.5 Å². The first-order valence-electron chi connectivity index (χ1n) is 16.8. The zero-order chi connectivity index (χ0) is 38.7. The fraction of sp³-hybridized carbons (Fsp3) is 0.486. The number of methoxy groups -OCH3 is 1. The normalized spacial score (nSPS) is 21.4. The SMILES string of the molecule is CCN1/C(=C/C=C/C2=[N+](CCCCCC(=O)O)c3ccc(S(=O)(=O)[O-])cc3C2(C)CCOC)C(C)(CCCS(=O)(=O)[O-])c2cc(S(=O)(=O)[O-])ccc21. The molecule has 17 heteroatoms. The number of fused-ring (bicyclic) bond motifs is 2. The monoisotopic (exact) mass is 780 g/mol. The Bertz CT molecular complexity index is 2130. The maximum absolute atomic E-state index is 12.1. The summed E-state index contributed by atoms with van der Waals surface area (Å²) in [5, 5.41) is 9.09. The average molecular weight is 781 g/mol. The van der Waals surface area contributed by atoms with Crippen molar-refractivity contribution in [3.63, 3.8) is 0 Å². The van der Waals surface area contributed by atoms with Crippen LogP contribution in [-0.4, -0.2) is 92.8 Å². The first kappa shape index (κ1) is 41.3. The third kappa shape index (κ3) is 9.01. The van der Waals surface area contributed by atoms with Crippen LogP contribution in [0.4, 0.5) is 11.4 Å². The van der Waals surface area contributed by atoms with E-state index >= 15 is 0 Å². The molecule has 2 unspecified atom stereocenters. The van der Waals surface area contributed by atoms with Crippen molar-refractivity contribution in [2.24, 2.45) is 0 Å². The Morgan fingerprint density at radius 3 is 2.10 bits per heavy atom. The van der Waals surface area contributed by atoms with Gasteiger partial charge in [-0.2, -0.15) is 4.58 Å². The van der Waals surface area contributed by atoms with Crippen LogP contribution in [-0.2, 0) is 50.7 Å². The quantitative estimate of drug-likeness (QED) is 0.128. The Labute approximate surface area is 305 Å². The minimum atomic E-state index is -4.82. The Morgan fingerprint density at radius 2 is 1.52 bits per heavy atom. The lowest BCUT2D eigenvalue weighted by Crippen LogP contribution is -2.33. The van der Waals surface area contributed by atoms with Crippen molar-refractivity contribution < 1.29 is 58.1 Å². The Morgan fingerprint density at radius 1 is 0.885 bits per heavy atom. The van der Waals surface area contributed by atoms with Crippen molar-refractivity contribution in [1.29, 1.82) is 0 Å². The predicted molar refractivity (Wildman–Crippen MR) is 190 cm³/mol. The number of hydrogen-bond donors (Lipinski definition) is 1. The van der Waals surface area contributed by atoms with Gasteiger partial charge in [-0.3, -0.25) is 4.79 Å². The van der Waals surface area contributed by atoms with E-state index in [-0.39, 0.29) is 24.2 Å². The van der Waals surface area contributed by atoms with Gasteiger partial charge in [0, 0.05) is 73.4 Å². The first-order valence-corrected chi connectivity index (χ1v) is 21.2. The number of carboxylic acid groups (broad SMARTS) is 1. The van der Waals surface area contributed by atoms with E-state index in [4.69, 9.17) is 9.84 Å². The molecule has 2 heterocycles. The molecule has 0 amide bonds. The first-order chi connectivity index (χ1) is 24.2. The van der Waals surface area contributed by atoms with Gasteiger partial charge in [0.2, 0.25) is 5.69 Å². The zero-order valence-electron chi connectivity index (χ0n) is 29.5. The van der Waals surface area contributed by atoms with Gasteiger partial charge in [0.15, 0.2) is 5.71 Å². The minimum Gasteiger partial charge on any atom is -0.748 e. The van der Waals surface area contributed by atoms with E-state index in [0.717, 1.165) is 5.71 Å². The van der Waals surface area contributed by atoms with Crippen molar-refractivity contribution in [3.8, 4) is 0 Å². The van der Waals surface area contributed by atoms with E-state index in [2.05, 4.69) is 0 Å². The second-order valence-electron chi connectivity index (χ2n) is 13.4. The molecule has 2 aliphatic rings. The molecule has 2 atom stereocenters. The predicted octanol–water partition coefficient (Wildman–Crippen LogP) is 4.10. The summed E-state index contributed by atoms with van der Waals surface area (Å²) in [7, 11) is -12.6. The number of hydrogen-bond acceptors (Lipinski definition) is 12. The summed E-state index contributed by atoms with van der Waals surface area (Å²) in [5.41, 5.74) is 2.00. The third-order valence-electron chi connectivity index (χ3n) is 9.97. The van der Waals surface area contributed by atoms with Crippen molar-refractivity contribution in [2.45, 2.75) is 86.3 Å². The number of nitrogens with zero attached hydrogens (tertiary/aromatic N) is 2. The fourth-order valence-corrected chi connectivity index (χ4v) is 8.84. The van der Waals surface area contributed by atoms with Crippen LogP contribution in [0, 0.1) is 0 Å². The zero-order valence-corrected chi connectivity index (χ0v) is 32.0. The maximum Gasteiger partial charge on any atom is 0.303 e. The molecule has 4 rings (SSSR count). The van der Waals surface area contributed by atoms with Gasteiger partial charge in [0.1, 0.15) is 26.8 Å². The molecule has 0 spiro atoms. The molecule has 0 fully saturated rings. The fourth-order valence-electron chi connectivity index (χ4n) is 7.34. The molecular weight excluding hydrogens is 737 g/mol. The molecule has 2 aromatic carbocycles. The van der Waals surface area contributed by atoms with Crippen molar-refractivity contribution in [1.82, 2.24) is 0 Å². The van der Waals surface area contributed by atoms with Gasteiger partial charge < -0.3 is 28.4 Å². The molecule has 2 aliphatic heterocycles. The van der Waals surface area contributed by atoms with Crippen LogP contribution in [0.1, 0.15) is 76.8 Å². The summed E-state index contributed by atoms with van der Waals surface area (Å²) in [5.74, 6) is -1.53. The standard InChI is InChI=1S/C35H46N2O12S3/c1-5-36-29-16-14-25(51(43,44)45)23-27(29)34(2,18-10-22-50(40,41)42)31(36)11-9-12-32-35(3,19-21-49-4)28-24-26(52(46,47)48)15-17-30(28)37(32)20-8-6-7-13-33(38)39/h9,11-12,14-17,23-24H,5-8,10,13,18-22H2,1-4H3,(H3-,38,39,40,41,42,43,44,45,46,47,48)/p-2. The van der Waals surface area contributed by atoms with E-state index in [1.807, 2.05) is 35.5 Å². The van der Waals surface area contributed by atoms with Gasteiger partial charge in [-0.05, 0) is 94.8 Å². The maximum atomic E-state index is 12.1. The number of ether oxygens (including phenoxy) is 1. The van der Waals surface area contributed by atoms with Crippen LogP contribution in [0.2, 0.25) is 0 Å². The number of benzene rings is 2. The van der Waals surface area contributed by atoms with Gasteiger partial charge in [0.25, 0.3) is 0 Å². The average Bonchev–Trinajstić information content (AvgIpc) is 3.42. The molecule has 1 N–H and O–H groups in total. The highest BCUT2D eigenvalue weighted by atomic mass is 32.2. The number of carboxylic acids is 1. The van der Waals surface area contributed by atoms with Crippen LogP contribution in [0.3, 0.4) is 0 Å². The second-order valence-corrected chi connectivity index (χ2v) is 17.7. The minimum absolute atomic E-state index is 0.0228. The second kappa shape index (κ2) is 15.9. The molecule has 0 saturated heterocycles. The van der Waals surface area contributed by atoms with Gasteiger partial charge in [-0.15, -0.1) is 0 Å². The number of aliphatic carboxylic acids is 1. The lowest BCUT2D eigenvalue weighted by Gasteiger charge is -2.30. The molecule has 0 bridgehead atoms. The van der Waals surface area contributed by atoms with E-state index in [1.54, 1.807) is 19.1 Å². The third-order valence-corrected chi connectivity index (χ3v) is 12.4. The Hall–Kier alpha value is -3.45. The van der Waals surface area contributed by atoms with E-state index in [0.29, 0.717) is 73.6 Å². The summed E-state index contributed by atoms with van der Waals surface area (Å²) in [4.78, 5) is 12.2. The van der Waals surface area contributed by atoms with Gasteiger partial charge in [0.05, 0.1) is 25.3 Å². The van der Waals surface area contributed by atoms with Crippen LogP contribution >= 0.6 is 0 Å². The van der Waals surface area contributed by atoms with Crippen LogP contribution in [0.5, 0.6) is 0 Å². The van der Waals surface area contributed by atoms with Crippen LogP contribution < -0.4 is 4.90 Å². The van der Waals surface area contributed by atoms with E-state index < -0.39 is 57.8 Å². The number of rotatable bonds is 18. The van der Waals surface area contributed by atoms with Gasteiger partial charge in [-0.25, -0.2) is 25.3 Å². The van der Waals surface area contributed by atoms with Crippen molar-refractivity contribution in [3.05, 3.63) is 71.5 Å². The summed E-state index contributed by atoms with van der Waals surface area (Å²) < 4.78 is 114. The van der Waals surface area contributed by atoms with E-state index in [9.17, 15) is 43.7 Å². The molecule has 0 aromatic heterocycles. The summed E-state index contributed by atoms with van der Waals surface area (Å²) in [6.45, 7) is 6.77. The lowest BCUT2D eigenvalue weighted by molar-refractivity contribution is -0.438. The molecule has 14 nitrogen and oxygen atoms in total. The highest BCUT2D eigenvalue weighted by molar-refractivity contribution is 7.86. The number of anilines is 1. The van der Waals surface area contributed by atoms with Gasteiger partial charge in [-0.1, -0.05) is 6.08 Å². The molecular formula is C35H44N2O12S3-2. The lowest BCUT2D eigenvalue weighted by atomic mass is 9.76. The molecule has 52 heavy (non-hydrogen) atoms. The van der Waals surface area contributed by atoms with Crippen LogP contribution in [0.25, 0.3) is 0 Å². The van der Waals surface area contributed by atoms with Crippen molar-refractivity contribution >= 4 is 53.4 Å². The molecule has 0 aliphatic carbocycles. The summed E-state index contributed by atoms with van der Waals surface area (Å²) in [6.07, 6.45) is 7.69. The molecule has 2 aromatic rings. The number of unbranched alkanes of at least 4 members (excludes halogenated alkanes) is 2. The number of carbonyl (C=O) groups is 1. The number of likely N-dealkylation sites (N-methyl/N-ethyl adjacent to an activating group) is 1. The Kier molecular flexibility index (Phi) is 12.6. The topological polar surface area (TPSA) is 224 Å². The largest absolute Gasteiger partial charge is 0.748 e. The highest BCUT2D eigenvalue weighted by Gasteiger charge is 2.48. The molecule has 286 valence electrons. The molecule has 0 saturated carbocycles. The molecule has 0 radical (unpaired) electrons. The highest BCUT2D eigenvalue weighted by Crippen LogP contribution is 2.51. The smallest absolute Gasteiger partial charge is 0.303 e. The van der Waals surface area contributed by atoms with Crippen LogP contribution in [0.15, 0.2) is 70.1 Å². The summed E-state index contributed by atoms with van der Waals surface area (Å²) in [6, 6.07) is 8.31.